The van der Waals surface area contributed by atoms with E-state index in [1.54, 1.807) is 20.1 Å². The van der Waals surface area contributed by atoms with Crippen molar-refractivity contribution >= 4 is 11.6 Å². The predicted octanol–water partition coefficient (Wildman–Crippen LogP) is 3.18. The number of fused-ring (bicyclic) bond motifs is 1. The molecule has 12 nitrogen and oxygen atoms in total. The Morgan fingerprint density at radius 2 is 1.93 bits per heavy atom. The summed E-state index contributed by atoms with van der Waals surface area (Å²) in [5.74, 6) is -0.555. The number of H-pyrrole nitrogens is 1. The fourth-order valence-electron chi connectivity index (χ4n) is 5.51. The normalized spacial score (nSPS) is 18.5. The molecule has 1 aliphatic carbocycles. The molecule has 0 saturated heterocycles. The van der Waals surface area contributed by atoms with Gasteiger partial charge in [0.25, 0.3) is 5.56 Å². The largest absolute Gasteiger partial charge is 0.496 e. The maximum atomic E-state index is 14.1. The lowest BCUT2D eigenvalue weighted by atomic mass is 9.94. The number of aliphatic hydroxyl groups is 1. The fraction of sp³-hybridized carbons (Fsp3) is 0.448. The van der Waals surface area contributed by atoms with Crippen molar-refractivity contribution in [2.24, 2.45) is 0 Å². The molecule has 3 aromatic heterocycles. The quantitative estimate of drug-likeness (QED) is 0.276. The molecule has 12 heteroatoms. The van der Waals surface area contributed by atoms with Gasteiger partial charge in [0.05, 0.1) is 42.9 Å². The number of nitrogens with zero attached hydrogens (tertiary/aromatic N) is 3. The summed E-state index contributed by atoms with van der Waals surface area (Å²) in [4.78, 5) is 47.5. The van der Waals surface area contributed by atoms with E-state index in [0.717, 1.165) is 4.57 Å². The lowest BCUT2D eigenvalue weighted by Gasteiger charge is -2.31. The van der Waals surface area contributed by atoms with Crippen LogP contribution < -0.4 is 16.0 Å². The van der Waals surface area contributed by atoms with Crippen LogP contribution in [0.1, 0.15) is 62.5 Å². The number of aliphatic carboxylic acids is 1. The summed E-state index contributed by atoms with van der Waals surface area (Å²) in [6.07, 6.45) is 4.10. The molecule has 1 fully saturated rings. The van der Waals surface area contributed by atoms with Crippen LogP contribution in [0.15, 0.2) is 50.7 Å². The number of hydrogen-bond acceptors (Lipinski definition) is 8. The number of aromatic amines is 1. The van der Waals surface area contributed by atoms with E-state index in [0.29, 0.717) is 48.4 Å². The standard InChI is InChI=1S/C29H34N4O8/c1-16-23(25-30-13-14-40-25)31-24-20(26(35)33(28(38)32(16)24)29(2,3)27(36)37)15-22(19-7-5-6-8-21(19)39-4)41-18-11-9-17(34)10-12-18/h5-8,13-14,17-18,22,31,34H,9-12,15H2,1-4H3,(H,36,37)/t17?,18?,22-/m0/s1. The van der Waals surface area contributed by atoms with Crippen LogP contribution >= 0.6 is 0 Å². The second-order valence-electron chi connectivity index (χ2n) is 10.9. The van der Waals surface area contributed by atoms with Crippen LogP contribution in [0.5, 0.6) is 5.75 Å². The summed E-state index contributed by atoms with van der Waals surface area (Å²) in [6, 6.07) is 7.32. The number of benzene rings is 1. The second kappa shape index (κ2) is 11.0. The topological polar surface area (TPSA) is 161 Å². The Bertz CT molecular complexity index is 1670. The Kier molecular flexibility index (Phi) is 7.62. The molecule has 4 aromatic rings. The minimum Gasteiger partial charge on any atom is -0.496 e. The summed E-state index contributed by atoms with van der Waals surface area (Å²) < 4.78 is 19.8. The van der Waals surface area contributed by atoms with Crippen molar-refractivity contribution in [2.45, 2.75) is 76.7 Å². The number of ether oxygens (including phenoxy) is 2. The Morgan fingerprint density at radius 3 is 2.56 bits per heavy atom. The van der Waals surface area contributed by atoms with Gasteiger partial charge in [0.15, 0.2) is 0 Å². The lowest BCUT2D eigenvalue weighted by Crippen LogP contribution is -2.52. The molecular weight excluding hydrogens is 532 g/mol. The van der Waals surface area contributed by atoms with E-state index < -0.39 is 28.9 Å². The van der Waals surface area contributed by atoms with E-state index in [2.05, 4.69) is 9.97 Å². The number of aryl methyl sites for hydroxylation is 1. The van der Waals surface area contributed by atoms with Crippen LogP contribution in [0.4, 0.5) is 0 Å². The Labute approximate surface area is 235 Å². The number of aromatic nitrogens is 4. The zero-order valence-electron chi connectivity index (χ0n) is 23.4. The van der Waals surface area contributed by atoms with Crippen molar-refractivity contribution in [1.82, 2.24) is 18.9 Å². The summed E-state index contributed by atoms with van der Waals surface area (Å²) in [6.45, 7) is 4.29. The third-order valence-corrected chi connectivity index (χ3v) is 7.90. The number of oxazole rings is 1. The maximum absolute atomic E-state index is 14.1. The molecule has 1 atom stereocenters. The molecule has 0 amide bonds. The van der Waals surface area contributed by atoms with E-state index in [1.807, 2.05) is 18.2 Å². The zero-order valence-corrected chi connectivity index (χ0v) is 23.4. The van der Waals surface area contributed by atoms with Gasteiger partial charge in [0.2, 0.25) is 5.89 Å². The van der Waals surface area contributed by atoms with Gasteiger partial charge in [-0.15, -0.1) is 0 Å². The number of rotatable bonds is 9. The minimum atomic E-state index is -1.85. The second-order valence-corrected chi connectivity index (χ2v) is 10.9. The Hall–Kier alpha value is -4.16. The molecule has 5 rings (SSSR count). The monoisotopic (exact) mass is 566 g/mol. The average Bonchev–Trinajstić information content (AvgIpc) is 3.59. The van der Waals surface area contributed by atoms with Gasteiger partial charge in [-0.2, -0.15) is 0 Å². The molecule has 3 heterocycles. The molecule has 0 spiro atoms. The maximum Gasteiger partial charge on any atom is 0.338 e. The van der Waals surface area contributed by atoms with Gasteiger partial charge in [0, 0.05) is 12.0 Å². The first-order valence-electron chi connectivity index (χ1n) is 13.5. The van der Waals surface area contributed by atoms with Gasteiger partial charge in [-0.1, -0.05) is 18.2 Å². The molecule has 218 valence electrons. The zero-order chi connectivity index (χ0) is 29.5. The third-order valence-electron chi connectivity index (χ3n) is 7.90. The van der Waals surface area contributed by atoms with Gasteiger partial charge in [-0.25, -0.2) is 23.5 Å². The van der Waals surface area contributed by atoms with Crippen LogP contribution in [-0.2, 0) is 21.5 Å². The summed E-state index contributed by atoms with van der Waals surface area (Å²) in [5, 5.41) is 20.0. The molecule has 0 radical (unpaired) electrons. The number of aliphatic hydroxyl groups excluding tert-OH is 1. The number of para-hydroxylation sites is 1. The Morgan fingerprint density at radius 1 is 1.22 bits per heavy atom. The number of carboxylic acids is 1. The first-order valence-corrected chi connectivity index (χ1v) is 13.5. The van der Waals surface area contributed by atoms with Crippen molar-refractivity contribution in [3.05, 3.63) is 74.4 Å². The smallest absolute Gasteiger partial charge is 0.338 e. The molecule has 41 heavy (non-hydrogen) atoms. The number of carboxylic acid groups (broad SMARTS) is 1. The van der Waals surface area contributed by atoms with Crippen molar-refractivity contribution in [2.75, 3.05) is 7.11 Å². The molecule has 0 aliphatic heterocycles. The summed E-state index contributed by atoms with van der Waals surface area (Å²) in [5.41, 5.74) is -1.55. The molecule has 3 N–H and O–H groups in total. The summed E-state index contributed by atoms with van der Waals surface area (Å²) >= 11 is 0. The van der Waals surface area contributed by atoms with Crippen LogP contribution in [-0.4, -0.2) is 54.4 Å². The number of imidazole rings is 1. The average molecular weight is 567 g/mol. The number of hydrogen-bond donors (Lipinski definition) is 3. The van der Waals surface area contributed by atoms with E-state index in [-0.39, 0.29) is 35.7 Å². The highest BCUT2D eigenvalue weighted by molar-refractivity contribution is 5.76. The summed E-state index contributed by atoms with van der Waals surface area (Å²) in [7, 11) is 1.55. The highest BCUT2D eigenvalue weighted by Gasteiger charge is 2.36. The van der Waals surface area contributed by atoms with Crippen LogP contribution in [0.25, 0.3) is 17.2 Å². The van der Waals surface area contributed by atoms with Crippen LogP contribution in [0, 0.1) is 6.92 Å². The van der Waals surface area contributed by atoms with E-state index in [1.165, 1.54) is 30.7 Å². The Balaban J connectivity index is 1.74. The van der Waals surface area contributed by atoms with Crippen molar-refractivity contribution in [3.8, 4) is 17.3 Å². The van der Waals surface area contributed by atoms with Crippen molar-refractivity contribution in [1.29, 1.82) is 0 Å². The van der Waals surface area contributed by atoms with E-state index >= 15 is 0 Å². The van der Waals surface area contributed by atoms with E-state index in [4.69, 9.17) is 13.9 Å². The predicted molar refractivity (Wildman–Crippen MR) is 148 cm³/mol. The van der Waals surface area contributed by atoms with Crippen molar-refractivity contribution in [3.63, 3.8) is 0 Å². The molecule has 1 saturated carbocycles. The van der Waals surface area contributed by atoms with Crippen molar-refractivity contribution < 1.29 is 28.9 Å². The van der Waals surface area contributed by atoms with Gasteiger partial charge in [-0.05, 0) is 52.5 Å². The molecule has 1 aromatic carbocycles. The van der Waals surface area contributed by atoms with E-state index in [9.17, 15) is 24.6 Å². The highest BCUT2D eigenvalue weighted by Crippen LogP contribution is 2.35. The highest BCUT2D eigenvalue weighted by atomic mass is 16.5. The first kappa shape index (κ1) is 28.4. The molecular formula is C29H34N4O8. The van der Waals surface area contributed by atoms with Crippen LogP contribution in [0.3, 0.4) is 0 Å². The van der Waals surface area contributed by atoms with Gasteiger partial charge in [0.1, 0.15) is 28.9 Å². The molecule has 1 aliphatic rings. The number of nitrogens with one attached hydrogen (secondary N) is 1. The minimum absolute atomic E-state index is 0.00269. The van der Waals surface area contributed by atoms with Crippen LogP contribution in [0.2, 0.25) is 0 Å². The third kappa shape index (κ3) is 5.08. The van der Waals surface area contributed by atoms with Gasteiger partial charge >= 0.3 is 11.7 Å². The SMILES string of the molecule is COc1ccccc1[C@H](Cc1c(=O)n(C(C)(C)C(=O)O)c(=O)n2c(C)c(-c3ncco3)[nH]c12)OC1CCC(O)CC1. The molecule has 0 bridgehead atoms. The van der Waals surface area contributed by atoms with Gasteiger partial charge in [-0.3, -0.25) is 4.79 Å². The first-order chi connectivity index (χ1) is 19.5. The fourth-order valence-corrected chi connectivity index (χ4v) is 5.51. The number of carbonyl (C=O) groups is 1. The lowest BCUT2D eigenvalue weighted by molar-refractivity contribution is -0.146. The molecule has 0 unspecified atom stereocenters. The number of methoxy groups -OCH3 is 1. The van der Waals surface area contributed by atoms with Gasteiger partial charge < -0.3 is 29.1 Å².